The average Bonchev–Trinajstić information content (AvgIpc) is 3.54. The first-order valence-electron chi connectivity index (χ1n) is 12.2. The predicted molar refractivity (Wildman–Crippen MR) is 131 cm³/mol. The van der Waals surface area contributed by atoms with Crippen LogP contribution in [0.25, 0.3) is 11.3 Å². The Morgan fingerprint density at radius 2 is 1.81 bits per heavy atom. The minimum Gasteiger partial charge on any atom is -0.395 e. The molecular weight excluding hydrogens is 398 g/mol. The van der Waals surface area contributed by atoms with Crippen molar-refractivity contribution in [3.8, 4) is 11.3 Å². The quantitative estimate of drug-likeness (QED) is 0.697. The number of fused-ring (bicyclic) bond motifs is 1. The van der Waals surface area contributed by atoms with Crippen molar-refractivity contribution in [2.75, 3.05) is 63.1 Å². The van der Waals surface area contributed by atoms with E-state index in [9.17, 15) is 5.11 Å². The molecule has 1 atom stereocenters. The number of pyridine rings is 1. The van der Waals surface area contributed by atoms with Gasteiger partial charge >= 0.3 is 0 Å². The third-order valence-corrected chi connectivity index (χ3v) is 8.11. The van der Waals surface area contributed by atoms with Crippen LogP contribution in [-0.4, -0.2) is 83.9 Å². The summed E-state index contributed by atoms with van der Waals surface area (Å²) < 4.78 is 0. The van der Waals surface area contributed by atoms with Crippen molar-refractivity contribution in [1.29, 1.82) is 0 Å². The Labute approximate surface area is 192 Å². The molecule has 2 aromatic rings. The zero-order valence-corrected chi connectivity index (χ0v) is 19.8. The summed E-state index contributed by atoms with van der Waals surface area (Å²) in [4.78, 5) is 12.2. The fourth-order valence-corrected chi connectivity index (χ4v) is 6.04. The van der Waals surface area contributed by atoms with Crippen LogP contribution in [-0.2, 0) is 6.42 Å². The van der Waals surface area contributed by atoms with Crippen LogP contribution in [0.1, 0.15) is 32.3 Å². The summed E-state index contributed by atoms with van der Waals surface area (Å²) in [6.45, 7) is 10.9. The lowest BCUT2D eigenvalue weighted by Crippen LogP contribution is -2.57. The standard InChI is InChI=1S/C26H37N5O/c1-4-31(17-18-32)26(10-11-26)25(2)19-22-23(28-25)9-12-27-24(22)20-5-7-21(8-6-20)30-15-13-29(3)14-16-30/h5-9,12,28,32H,4,10-11,13-19H2,1-3H3. The summed E-state index contributed by atoms with van der Waals surface area (Å²) in [6, 6.07) is 11.1. The van der Waals surface area contributed by atoms with Gasteiger partial charge in [-0.2, -0.15) is 0 Å². The highest BCUT2D eigenvalue weighted by molar-refractivity contribution is 5.75. The van der Waals surface area contributed by atoms with Crippen molar-refractivity contribution in [3.63, 3.8) is 0 Å². The van der Waals surface area contributed by atoms with E-state index in [0.717, 1.165) is 51.4 Å². The van der Waals surface area contributed by atoms with Gasteiger partial charge in [0.2, 0.25) is 0 Å². The zero-order chi connectivity index (χ0) is 22.3. The van der Waals surface area contributed by atoms with E-state index >= 15 is 0 Å². The Balaban J connectivity index is 1.39. The molecule has 2 N–H and O–H groups in total. The molecule has 0 amide bonds. The first-order valence-corrected chi connectivity index (χ1v) is 12.2. The summed E-state index contributed by atoms with van der Waals surface area (Å²) in [5.74, 6) is 0. The number of β-amino-alcohol motifs (C(OH)–C–C–N with tert-alkyl or cyclic N) is 1. The van der Waals surface area contributed by atoms with Crippen LogP contribution in [0, 0.1) is 0 Å². The summed E-state index contributed by atoms with van der Waals surface area (Å²) in [5, 5.41) is 13.5. The van der Waals surface area contributed by atoms with Crippen molar-refractivity contribution < 1.29 is 5.11 Å². The fraction of sp³-hybridized carbons (Fsp3) is 0.577. The van der Waals surface area contributed by atoms with Crippen molar-refractivity contribution in [3.05, 3.63) is 42.1 Å². The molecule has 3 aliphatic rings. The molecule has 1 aliphatic carbocycles. The van der Waals surface area contributed by atoms with Crippen LogP contribution in [0.5, 0.6) is 0 Å². The van der Waals surface area contributed by atoms with E-state index < -0.39 is 0 Å². The Bertz CT molecular complexity index is 949. The van der Waals surface area contributed by atoms with Crippen LogP contribution in [0.3, 0.4) is 0 Å². The second-order valence-corrected chi connectivity index (χ2v) is 9.99. The van der Waals surface area contributed by atoms with Gasteiger partial charge in [-0.15, -0.1) is 0 Å². The highest BCUT2D eigenvalue weighted by Gasteiger charge is 2.61. The minimum absolute atomic E-state index is 0.0436. The summed E-state index contributed by atoms with van der Waals surface area (Å²) >= 11 is 0. The second-order valence-electron chi connectivity index (χ2n) is 9.99. The number of nitrogens with one attached hydrogen (secondary N) is 1. The number of aromatic nitrogens is 1. The average molecular weight is 436 g/mol. The van der Waals surface area contributed by atoms with Gasteiger partial charge in [0.15, 0.2) is 0 Å². The zero-order valence-electron chi connectivity index (χ0n) is 19.8. The van der Waals surface area contributed by atoms with Crippen LogP contribution in [0.4, 0.5) is 11.4 Å². The number of hydrogen-bond donors (Lipinski definition) is 2. The van der Waals surface area contributed by atoms with E-state index in [1.54, 1.807) is 0 Å². The predicted octanol–water partition coefficient (Wildman–Crippen LogP) is 3.07. The van der Waals surface area contributed by atoms with E-state index in [2.05, 4.69) is 71.2 Å². The first-order chi connectivity index (χ1) is 15.5. The molecule has 1 unspecified atom stereocenters. The molecule has 1 aromatic carbocycles. The molecule has 2 aliphatic heterocycles. The van der Waals surface area contributed by atoms with Crippen molar-refractivity contribution >= 4 is 11.4 Å². The molecule has 1 saturated heterocycles. The third kappa shape index (κ3) is 3.58. The largest absolute Gasteiger partial charge is 0.395 e. The molecular formula is C26H37N5O. The number of aliphatic hydroxyl groups excluding tert-OH is 1. The fourth-order valence-electron chi connectivity index (χ4n) is 6.04. The van der Waals surface area contributed by atoms with Crippen LogP contribution < -0.4 is 10.2 Å². The smallest absolute Gasteiger partial charge is 0.0755 e. The second kappa shape index (κ2) is 8.32. The van der Waals surface area contributed by atoms with Gasteiger partial charge in [0.05, 0.1) is 17.8 Å². The minimum atomic E-state index is -0.0436. The molecule has 0 spiro atoms. The normalized spacial score (nSPS) is 24.5. The monoisotopic (exact) mass is 435 g/mol. The number of piperazine rings is 1. The van der Waals surface area contributed by atoms with E-state index in [1.165, 1.54) is 35.3 Å². The topological polar surface area (TPSA) is 54.9 Å². The number of hydrogen-bond acceptors (Lipinski definition) is 6. The van der Waals surface area contributed by atoms with Gasteiger partial charge in [-0.05, 0) is 51.6 Å². The number of likely N-dealkylation sites (N-methyl/N-ethyl adjacent to an activating group) is 2. The molecule has 0 radical (unpaired) electrons. The molecule has 172 valence electrons. The SMILES string of the molecule is CCN(CCO)C1(C2(C)Cc3c(ccnc3-c3ccc(N4CCN(C)CC4)cc3)N2)CC1. The molecule has 1 aromatic heterocycles. The molecule has 1 saturated carbocycles. The van der Waals surface area contributed by atoms with E-state index in [-0.39, 0.29) is 17.7 Å². The van der Waals surface area contributed by atoms with Gasteiger partial charge < -0.3 is 20.2 Å². The van der Waals surface area contributed by atoms with E-state index in [0.29, 0.717) is 0 Å². The maximum absolute atomic E-state index is 9.60. The number of rotatable bonds is 7. The highest BCUT2D eigenvalue weighted by atomic mass is 16.3. The Kier molecular flexibility index (Phi) is 5.64. The van der Waals surface area contributed by atoms with E-state index in [1.807, 2.05) is 6.20 Å². The number of benzene rings is 1. The van der Waals surface area contributed by atoms with Crippen LogP contribution in [0.2, 0.25) is 0 Å². The number of aliphatic hydroxyl groups is 1. The van der Waals surface area contributed by atoms with Gasteiger partial charge in [-0.3, -0.25) is 9.88 Å². The summed E-state index contributed by atoms with van der Waals surface area (Å²) in [5.41, 5.74) is 6.21. The molecule has 3 heterocycles. The van der Waals surface area contributed by atoms with Crippen LogP contribution in [0.15, 0.2) is 36.5 Å². The summed E-state index contributed by atoms with van der Waals surface area (Å²) in [6.07, 6.45) is 5.27. The highest BCUT2D eigenvalue weighted by Crippen LogP contribution is 2.55. The maximum atomic E-state index is 9.60. The molecule has 5 rings (SSSR count). The lowest BCUT2D eigenvalue weighted by atomic mass is 9.84. The van der Waals surface area contributed by atoms with Crippen molar-refractivity contribution in [2.24, 2.45) is 0 Å². The molecule has 32 heavy (non-hydrogen) atoms. The Hall–Kier alpha value is -2.15. The Morgan fingerprint density at radius 1 is 1.09 bits per heavy atom. The van der Waals surface area contributed by atoms with Crippen LogP contribution >= 0.6 is 0 Å². The van der Waals surface area contributed by atoms with Crippen molar-refractivity contribution in [1.82, 2.24) is 14.8 Å². The molecule has 6 nitrogen and oxygen atoms in total. The van der Waals surface area contributed by atoms with Gasteiger partial charge in [-0.1, -0.05) is 19.1 Å². The van der Waals surface area contributed by atoms with Crippen molar-refractivity contribution in [2.45, 2.75) is 44.2 Å². The summed E-state index contributed by atoms with van der Waals surface area (Å²) in [7, 11) is 2.19. The number of anilines is 2. The molecule has 2 fully saturated rings. The van der Waals surface area contributed by atoms with E-state index in [4.69, 9.17) is 4.98 Å². The van der Waals surface area contributed by atoms with Gasteiger partial charge in [-0.25, -0.2) is 0 Å². The van der Waals surface area contributed by atoms with Gasteiger partial charge in [0.25, 0.3) is 0 Å². The Morgan fingerprint density at radius 3 is 2.44 bits per heavy atom. The maximum Gasteiger partial charge on any atom is 0.0755 e. The lowest BCUT2D eigenvalue weighted by molar-refractivity contribution is 0.0998. The lowest BCUT2D eigenvalue weighted by Gasteiger charge is -2.43. The third-order valence-electron chi connectivity index (χ3n) is 8.11. The van der Waals surface area contributed by atoms with Gasteiger partial charge in [0.1, 0.15) is 0 Å². The molecule has 6 heteroatoms. The number of nitrogens with zero attached hydrogens (tertiary/aromatic N) is 4. The van der Waals surface area contributed by atoms with Gasteiger partial charge in [0, 0.05) is 73.4 Å². The first kappa shape index (κ1) is 21.7. The molecule has 0 bridgehead atoms.